The minimum Gasteiger partial charge on any atom is -0.322 e. The van der Waals surface area contributed by atoms with Crippen LogP contribution in [0.5, 0.6) is 0 Å². The van der Waals surface area contributed by atoms with Crippen LogP contribution in [-0.4, -0.2) is 23.8 Å². The van der Waals surface area contributed by atoms with E-state index in [2.05, 4.69) is 5.32 Å². The van der Waals surface area contributed by atoms with Gasteiger partial charge in [-0.2, -0.15) is 0 Å². The summed E-state index contributed by atoms with van der Waals surface area (Å²) in [6.07, 6.45) is 2.77. The number of nitrogens with one attached hydrogen (secondary N) is 1. The standard InChI is InChI=1S/C23H19N3O4/c1-25(20-10-3-2-4-11-20)23(28)18-8-6-9-19(16-18)24-22(27)14-13-17-7-5-12-21(15-17)26(29)30/h2-16H,1H3,(H,24,27)/b14-13+. The summed E-state index contributed by atoms with van der Waals surface area (Å²) in [5.74, 6) is -0.619. The molecule has 1 N–H and O–H groups in total. The Bertz CT molecular complexity index is 1110. The van der Waals surface area contributed by atoms with E-state index in [1.54, 1.807) is 43.4 Å². The lowest BCUT2D eigenvalue weighted by Gasteiger charge is -2.17. The van der Waals surface area contributed by atoms with Gasteiger partial charge in [-0.05, 0) is 42.0 Å². The number of para-hydroxylation sites is 1. The maximum Gasteiger partial charge on any atom is 0.270 e. The Morgan fingerprint density at radius 3 is 2.43 bits per heavy atom. The molecule has 0 saturated carbocycles. The maximum absolute atomic E-state index is 12.7. The molecule has 30 heavy (non-hydrogen) atoms. The van der Waals surface area contributed by atoms with Crippen molar-refractivity contribution < 1.29 is 14.5 Å². The number of rotatable bonds is 6. The molecule has 0 aliphatic rings. The highest BCUT2D eigenvalue weighted by Gasteiger charge is 2.14. The molecule has 0 aliphatic heterocycles. The average molecular weight is 401 g/mol. The van der Waals surface area contributed by atoms with E-state index < -0.39 is 10.8 Å². The highest BCUT2D eigenvalue weighted by atomic mass is 16.6. The molecule has 7 heteroatoms. The van der Waals surface area contributed by atoms with E-state index >= 15 is 0 Å². The summed E-state index contributed by atoms with van der Waals surface area (Å²) >= 11 is 0. The van der Waals surface area contributed by atoms with E-state index in [9.17, 15) is 19.7 Å². The second-order valence-electron chi connectivity index (χ2n) is 6.46. The highest BCUT2D eigenvalue weighted by Crippen LogP contribution is 2.18. The van der Waals surface area contributed by atoms with Gasteiger partial charge in [0.05, 0.1) is 4.92 Å². The first-order valence-electron chi connectivity index (χ1n) is 9.11. The number of nitro groups is 1. The van der Waals surface area contributed by atoms with Crippen LogP contribution < -0.4 is 10.2 Å². The quantitative estimate of drug-likeness (QED) is 0.373. The third-order valence-electron chi connectivity index (χ3n) is 4.33. The van der Waals surface area contributed by atoms with Crippen molar-refractivity contribution in [1.29, 1.82) is 0 Å². The Morgan fingerprint density at radius 2 is 1.70 bits per heavy atom. The summed E-state index contributed by atoms with van der Waals surface area (Å²) in [5.41, 5.74) is 2.15. The number of non-ortho nitro benzene ring substituents is 1. The minimum atomic E-state index is -0.494. The number of hydrogen-bond acceptors (Lipinski definition) is 4. The molecule has 0 aliphatic carbocycles. The van der Waals surface area contributed by atoms with Crippen molar-refractivity contribution in [2.75, 3.05) is 17.3 Å². The molecule has 0 unspecified atom stereocenters. The molecule has 2 amide bonds. The van der Waals surface area contributed by atoms with E-state index in [-0.39, 0.29) is 11.6 Å². The number of carbonyl (C=O) groups is 2. The van der Waals surface area contributed by atoms with Crippen LogP contribution in [0.15, 0.2) is 84.9 Å². The van der Waals surface area contributed by atoms with Crippen LogP contribution in [0.2, 0.25) is 0 Å². The predicted octanol–water partition coefficient (Wildman–Crippen LogP) is 4.52. The first-order valence-corrected chi connectivity index (χ1v) is 9.11. The van der Waals surface area contributed by atoms with Gasteiger partial charge in [-0.15, -0.1) is 0 Å². The molecule has 0 bridgehead atoms. The number of hydrogen-bond donors (Lipinski definition) is 1. The number of nitrogens with zero attached hydrogens (tertiary/aromatic N) is 2. The van der Waals surface area contributed by atoms with Crippen molar-refractivity contribution in [2.24, 2.45) is 0 Å². The second-order valence-corrected chi connectivity index (χ2v) is 6.46. The summed E-state index contributed by atoms with van der Waals surface area (Å²) in [5, 5.41) is 13.5. The van der Waals surface area contributed by atoms with Gasteiger partial charge in [0.2, 0.25) is 5.91 Å². The Morgan fingerprint density at radius 1 is 0.967 bits per heavy atom. The predicted molar refractivity (Wildman–Crippen MR) is 116 cm³/mol. The molecule has 0 saturated heterocycles. The lowest BCUT2D eigenvalue weighted by atomic mass is 10.1. The molecule has 3 rings (SSSR count). The fraction of sp³-hybridized carbons (Fsp3) is 0.0435. The van der Waals surface area contributed by atoms with Crippen LogP contribution in [0, 0.1) is 10.1 Å². The van der Waals surface area contributed by atoms with Crippen LogP contribution in [0.25, 0.3) is 6.08 Å². The lowest BCUT2D eigenvalue weighted by Crippen LogP contribution is -2.26. The van der Waals surface area contributed by atoms with Crippen LogP contribution >= 0.6 is 0 Å². The van der Waals surface area contributed by atoms with E-state index in [1.807, 2.05) is 30.3 Å². The highest BCUT2D eigenvalue weighted by molar-refractivity contribution is 6.07. The fourth-order valence-corrected chi connectivity index (χ4v) is 2.79. The zero-order valence-electron chi connectivity index (χ0n) is 16.2. The van der Waals surface area contributed by atoms with Gasteiger partial charge in [0, 0.05) is 42.2 Å². The van der Waals surface area contributed by atoms with Crippen molar-refractivity contribution in [3.63, 3.8) is 0 Å². The second kappa shape index (κ2) is 9.29. The van der Waals surface area contributed by atoms with Gasteiger partial charge in [-0.3, -0.25) is 19.7 Å². The molecule has 0 fully saturated rings. The van der Waals surface area contributed by atoms with Crippen molar-refractivity contribution in [1.82, 2.24) is 0 Å². The number of anilines is 2. The third kappa shape index (κ3) is 5.17. The van der Waals surface area contributed by atoms with Gasteiger partial charge in [0.15, 0.2) is 0 Å². The Labute approximate surface area is 173 Å². The zero-order valence-corrected chi connectivity index (χ0v) is 16.2. The van der Waals surface area contributed by atoms with Crippen molar-refractivity contribution in [2.45, 2.75) is 0 Å². The first-order chi connectivity index (χ1) is 14.4. The lowest BCUT2D eigenvalue weighted by molar-refractivity contribution is -0.384. The fourth-order valence-electron chi connectivity index (χ4n) is 2.79. The monoisotopic (exact) mass is 401 g/mol. The number of carbonyl (C=O) groups excluding carboxylic acids is 2. The average Bonchev–Trinajstić information content (AvgIpc) is 2.77. The Kier molecular flexibility index (Phi) is 6.34. The molecule has 7 nitrogen and oxygen atoms in total. The third-order valence-corrected chi connectivity index (χ3v) is 4.33. The summed E-state index contributed by atoms with van der Waals surface area (Å²) in [4.78, 5) is 36.8. The van der Waals surface area contributed by atoms with E-state index in [0.717, 1.165) is 5.69 Å². The molecule has 0 radical (unpaired) electrons. The van der Waals surface area contributed by atoms with Crippen LogP contribution in [0.3, 0.4) is 0 Å². The van der Waals surface area contributed by atoms with Gasteiger partial charge in [0.25, 0.3) is 11.6 Å². The number of benzene rings is 3. The van der Waals surface area contributed by atoms with Gasteiger partial charge in [0.1, 0.15) is 0 Å². The molecule has 0 aromatic heterocycles. The molecule has 3 aromatic carbocycles. The van der Waals surface area contributed by atoms with E-state index in [1.165, 1.54) is 29.2 Å². The summed E-state index contributed by atoms with van der Waals surface area (Å²) in [6, 6.07) is 21.9. The molecular weight excluding hydrogens is 382 g/mol. The van der Waals surface area contributed by atoms with Gasteiger partial charge < -0.3 is 10.2 Å². The molecule has 0 heterocycles. The number of amides is 2. The van der Waals surface area contributed by atoms with Gasteiger partial charge in [-0.1, -0.05) is 36.4 Å². The Hall–Kier alpha value is -4.26. The first kappa shape index (κ1) is 20.5. The molecule has 3 aromatic rings. The van der Waals surface area contributed by atoms with Crippen LogP contribution in [0.4, 0.5) is 17.1 Å². The maximum atomic E-state index is 12.7. The van der Waals surface area contributed by atoms with Crippen molar-refractivity contribution in [3.05, 3.63) is 106 Å². The normalized spacial score (nSPS) is 10.6. The van der Waals surface area contributed by atoms with E-state index in [0.29, 0.717) is 16.8 Å². The number of nitro benzene ring substituents is 1. The summed E-state index contributed by atoms with van der Waals surface area (Å²) < 4.78 is 0. The van der Waals surface area contributed by atoms with E-state index in [4.69, 9.17) is 0 Å². The zero-order chi connectivity index (χ0) is 21.5. The van der Waals surface area contributed by atoms with Crippen molar-refractivity contribution in [3.8, 4) is 0 Å². The van der Waals surface area contributed by atoms with Crippen LogP contribution in [0.1, 0.15) is 15.9 Å². The summed E-state index contributed by atoms with van der Waals surface area (Å²) in [6.45, 7) is 0. The summed E-state index contributed by atoms with van der Waals surface area (Å²) in [7, 11) is 1.69. The topological polar surface area (TPSA) is 92.6 Å². The Balaban J connectivity index is 1.69. The van der Waals surface area contributed by atoms with Crippen LogP contribution in [-0.2, 0) is 4.79 Å². The smallest absolute Gasteiger partial charge is 0.270 e. The SMILES string of the molecule is CN(C(=O)c1cccc(NC(=O)/C=C/c2cccc([N+](=O)[O-])c2)c1)c1ccccc1. The van der Waals surface area contributed by atoms with Gasteiger partial charge in [-0.25, -0.2) is 0 Å². The largest absolute Gasteiger partial charge is 0.322 e. The minimum absolute atomic E-state index is 0.0497. The van der Waals surface area contributed by atoms with Gasteiger partial charge >= 0.3 is 0 Å². The van der Waals surface area contributed by atoms with Crippen molar-refractivity contribution >= 4 is 35.0 Å². The molecule has 0 atom stereocenters. The molecular formula is C23H19N3O4. The molecule has 150 valence electrons. The molecule has 0 spiro atoms.